The van der Waals surface area contributed by atoms with Crippen LogP contribution in [0.2, 0.25) is 0 Å². The fourth-order valence-electron chi connectivity index (χ4n) is 4.52. The molecule has 0 radical (unpaired) electrons. The van der Waals surface area contributed by atoms with Crippen LogP contribution in [0.5, 0.6) is 0 Å². The van der Waals surface area contributed by atoms with Crippen LogP contribution in [0.1, 0.15) is 58.3 Å². The number of nitrogens with one attached hydrogen (secondary N) is 2. The summed E-state index contributed by atoms with van der Waals surface area (Å²) < 4.78 is 8.36. The van der Waals surface area contributed by atoms with Crippen LogP contribution in [-0.2, 0) is 24.2 Å². The van der Waals surface area contributed by atoms with Crippen molar-refractivity contribution in [3.63, 3.8) is 0 Å². The van der Waals surface area contributed by atoms with Crippen LogP contribution >= 0.6 is 0 Å². The quantitative estimate of drug-likeness (QED) is 0.449. The molecule has 0 saturated carbocycles. The van der Waals surface area contributed by atoms with Crippen LogP contribution < -0.4 is 10.6 Å². The molecule has 2 heterocycles. The Bertz CT molecular complexity index is 824. The molecule has 1 aromatic carbocycles. The molecule has 176 valence electrons. The van der Waals surface area contributed by atoms with Crippen molar-refractivity contribution >= 4 is 5.96 Å². The molecule has 1 saturated heterocycles. The predicted molar refractivity (Wildman–Crippen MR) is 132 cm³/mol. The van der Waals surface area contributed by atoms with Crippen LogP contribution in [0.3, 0.4) is 0 Å². The molecular weight excluding hydrogens is 398 g/mol. The third kappa shape index (κ3) is 7.37. The van der Waals surface area contributed by atoms with Gasteiger partial charge in [-0.2, -0.15) is 0 Å². The smallest absolute Gasteiger partial charge is 0.191 e. The summed E-state index contributed by atoms with van der Waals surface area (Å²) in [6.45, 7) is 13.0. The molecule has 1 aliphatic heterocycles. The number of aliphatic imine (C=N–C) groups is 1. The summed E-state index contributed by atoms with van der Waals surface area (Å²) in [5.41, 5.74) is 1.53. The first kappa shape index (κ1) is 24.3. The predicted octanol–water partition coefficient (Wildman–Crippen LogP) is 4.41. The van der Waals surface area contributed by atoms with Gasteiger partial charge >= 0.3 is 0 Å². The van der Waals surface area contributed by atoms with E-state index in [2.05, 4.69) is 84.4 Å². The number of ether oxygens (including phenoxy) is 1. The lowest BCUT2D eigenvalue weighted by atomic mass is 9.78. The van der Waals surface area contributed by atoms with E-state index < -0.39 is 0 Å². The summed E-state index contributed by atoms with van der Waals surface area (Å²) >= 11 is 0. The maximum Gasteiger partial charge on any atom is 0.191 e. The Morgan fingerprint density at radius 3 is 2.78 bits per heavy atom. The fraction of sp³-hybridized carbons (Fsp3) is 0.615. The van der Waals surface area contributed by atoms with Crippen molar-refractivity contribution in [3.8, 4) is 0 Å². The minimum absolute atomic E-state index is 0.146. The van der Waals surface area contributed by atoms with Gasteiger partial charge in [-0.05, 0) is 43.6 Å². The van der Waals surface area contributed by atoms with Crippen molar-refractivity contribution < 1.29 is 4.74 Å². The summed E-state index contributed by atoms with van der Waals surface area (Å²) in [4.78, 5) is 9.37. The zero-order valence-electron chi connectivity index (χ0n) is 20.3. The minimum atomic E-state index is 0.146. The van der Waals surface area contributed by atoms with Crippen LogP contribution in [0.25, 0.3) is 0 Å². The van der Waals surface area contributed by atoms with Gasteiger partial charge in [0.25, 0.3) is 0 Å². The summed E-state index contributed by atoms with van der Waals surface area (Å²) in [5, 5.41) is 6.94. The number of nitrogens with zero attached hydrogens (tertiary/aromatic N) is 3. The average Bonchev–Trinajstić information content (AvgIpc) is 3.23. The number of imidazole rings is 1. The van der Waals surface area contributed by atoms with Gasteiger partial charge in [-0.1, -0.05) is 51.1 Å². The monoisotopic (exact) mass is 439 g/mol. The highest BCUT2D eigenvalue weighted by Crippen LogP contribution is 2.33. The van der Waals surface area contributed by atoms with Crippen LogP contribution in [-0.4, -0.2) is 41.3 Å². The summed E-state index contributed by atoms with van der Waals surface area (Å²) in [6.07, 6.45) is 8.70. The Morgan fingerprint density at radius 2 is 2.03 bits per heavy atom. The molecule has 0 amide bonds. The van der Waals surface area contributed by atoms with Crippen LogP contribution in [0, 0.1) is 11.3 Å². The second-order valence-corrected chi connectivity index (χ2v) is 9.76. The number of hydrogen-bond donors (Lipinski definition) is 2. The van der Waals surface area contributed by atoms with E-state index in [0.717, 1.165) is 57.3 Å². The molecule has 1 aromatic heterocycles. The molecule has 1 fully saturated rings. The van der Waals surface area contributed by atoms with E-state index in [-0.39, 0.29) is 11.5 Å². The molecule has 0 aliphatic carbocycles. The van der Waals surface area contributed by atoms with Crippen LogP contribution in [0.4, 0.5) is 0 Å². The first-order chi connectivity index (χ1) is 15.5. The Morgan fingerprint density at radius 1 is 1.22 bits per heavy atom. The Kier molecular flexibility index (Phi) is 9.15. The first-order valence-electron chi connectivity index (χ1n) is 12.1. The van der Waals surface area contributed by atoms with Gasteiger partial charge in [-0.15, -0.1) is 0 Å². The van der Waals surface area contributed by atoms with Crippen molar-refractivity contribution in [3.05, 3.63) is 54.1 Å². The van der Waals surface area contributed by atoms with Gasteiger partial charge in [0.05, 0.1) is 6.10 Å². The molecule has 0 bridgehead atoms. The van der Waals surface area contributed by atoms with Crippen molar-refractivity contribution in [1.29, 1.82) is 0 Å². The van der Waals surface area contributed by atoms with Crippen molar-refractivity contribution in [2.75, 3.05) is 19.7 Å². The standard InChI is InChI=1S/C26H41N5O/c1-5-27-25(29-19-22-14-10-18-32-24(22)26(2,3)4)30-20-23-28-15-17-31(23)16-9-13-21-11-7-6-8-12-21/h6-8,11-12,15,17,22,24H,5,9-10,13-14,16,18-20H2,1-4H3,(H2,27,29,30). The lowest BCUT2D eigenvalue weighted by Crippen LogP contribution is -2.47. The topological polar surface area (TPSA) is 63.5 Å². The molecule has 6 heteroatoms. The zero-order chi connectivity index (χ0) is 22.8. The minimum Gasteiger partial charge on any atom is -0.377 e. The fourth-order valence-corrected chi connectivity index (χ4v) is 4.52. The van der Waals surface area contributed by atoms with E-state index in [1.54, 1.807) is 0 Å². The normalized spacial score (nSPS) is 19.7. The van der Waals surface area contributed by atoms with E-state index in [4.69, 9.17) is 9.73 Å². The van der Waals surface area contributed by atoms with E-state index >= 15 is 0 Å². The Labute approximate surface area is 193 Å². The highest BCUT2D eigenvalue weighted by molar-refractivity contribution is 5.79. The number of rotatable bonds is 9. The summed E-state index contributed by atoms with van der Waals surface area (Å²) in [7, 11) is 0. The third-order valence-electron chi connectivity index (χ3n) is 6.06. The number of guanidine groups is 1. The maximum atomic E-state index is 6.14. The zero-order valence-corrected chi connectivity index (χ0v) is 20.3. The SMILES string of the molecule is CCNC(=NCc1nccn1CCCc1ccccc1)NCC1CCCOC1C(C)(C)C. The van der Waals surface area contributed by atoms with E-state index in [0.29, 0.717) is 12.5 Å². The molecule has 0 spiro atoms. The largest absolute Gasteiger partial charge is 0.377 e. The second-order valence-electron chi connectivity index (χ2n) is 9.76. The highest BCUT2D eigenvalue weighted by Gasteiger charge is 2.35. The molecule has 2 atom stereocenters. The number of aromatic nitrogens is 2. The van der Waals surface area contributed by atoms with Gasteiger partial charge in [0.2, 0.25) is 0 Å². The van der Waals surface area contributed by atoms with Gasteiger partial charge in [0.15, 0.2) is 5.96 Å². The van der Waals surface area contributed by atoms with Gasteiger partial charge in [-0.3, -0.25) is 0 Å². The van der Waals surface area contributed by atoms with Crippen molar-refractivity contribution in [1.82, 2.24) is 20.2 Å². The van der Waals surface area contributed by atoms with Gasteiger partial charge in [0, 0.05) is 44.6 Å². The maximum absolute atomic E-state index is 6.14. The highest BCUT2D eigenvalue weighted by atomic mass is 16.5. The van der Waals surface area contributed by atoms with E-state index in [1.807, 2.05) is 6.20 Å². The molecule has 2 unspecified atom stereocenters. The molecule has 3 rings (SSSR count). The molecule has 2 aromatic rings. The molecule has 2 N–H and O–H groups in total. The molecule has 32 heavy (non-hydrogen) atoms. The Hall–Kier alpha value is -2.34. The first-order valence-corrected chi connectivity index (χ1v) is 12.1. The van der Waals surface area contributed by atoms with Crippen molar-refractivity contribution in [2.45, 2.75) is 72.6 Å². The average molecular weight is 440 g/mol. The van der Waals surface area contributed by atoms with E-state index in [1.165, 1.54) is 12.0 Å². The number of hydrogen-bond acceptors (Lipinski definition) is 3. The van der Waals surface area contributed by atoms with Gasteiger partial charge in [-0.25, -0.2) is 9.98 Å². The summed E-state index contributed by atoms with van der Waals surface area (Å²) in [6, 6.07) is 10.6. The van der Waals surface area contributed by atoms with Crippen molar-refractivity contribution in [2.24, 2.45) is 16.3 Å². The lowest BCUT2D eigenvalue weighted by molar-refractivity contribution is -0.0835. The molecular formula is C26H41N5O. The summed E-state index contributed by atoms with van der Waals surface area (Å²) in [5.74, 6) is 2.35. The molecule has 1 aliphatic rings. The van der Waals surface area contributed by atoms with Crippen LogP contribution in [0.15, 0.2) is 47.7 Å². The van der Waals surface area contributed by atoms with Gasteiger partial charge < -0.3 is 19.9 Å². The molecule has 6 nitrogen and oxygen atoms in total. The van der Waals surface area contributed by atoms with E-state index in [9.17, 15) is 0 Å². The number of benzene rings is 1. The number of aryl methyl sites for hydroxylation is 2. The second kappa shape index (κ2) is 12.0. The third-order valence-corrected chi connectivity index (χ3v) is 6.06. The lowest BCUT2D eigenvalue weighted by Gasteiger charge is -2.40. The van der Waals surface area contributed by atoms with Gasteiger partial charge in [0.1, 0.15) is 12.4 Å². The Balaban J connectivity index is 1.54.